The highest BCUT2D eigenvalue weighted by Crippen LogP contribution is 2.01. The molecule has 0 atom stereocenters. The first-order valence-corrected chi connectivity index (χ1v) is 9.09. The molecule has 0 radical (unpaired) electrons. The van der Waals surface area contributed by atoms with Crippen LogP contribution in [0.15, 0.2) is 29.4 Å². The largest absolute Gasteiger partial charge is 0.357 e. The van der Waals surface area contributed by atoms with Gasteiger partial charge in [0.1, 0.15) is 0 Å². The number of hydrogen-bond donors (Lipinski definition) is 2. The smallest absolute Gasteiger partial charge is 0.219 e. The maximum absolute atomic E-state index is 11.3. The monoisotopic (exact) mass is 474 g/mol. The molecular formula is C18H31IN6O. The van der Waals surface area contributed by atoms with Crippen LogP contribution in [0.5, 0.6) is 0 Å². The topological polar surface area (TPSA) is 72.9 Å². The molecule has 7 nitrogen and oxygen atoms in total. The fourth-order valence-electron chi connectivity index (χ4n) is 2.79. The summed E-state index contributed by atoms with van der Waals surface area (Å²) in [6.45, 7) is 10.5. The van der Waals surface area contributed by atoms with E-state index >= 15 is 0 Å². The molecule has 0 spiro atoms. The molecule has 1 aliphatic rings. The van der Waals surface area contributed by atoms with Crippen LogP contribution in [0.2, 0.25) is 0 Å². The van der Waals surface area contributed by atoms with Crippen LogP contribution in [-0.2, 0) is 11.2 Å². The van der Waals surface area contributed by atoms with E-state index in [1.54, 1.807) is 6.92 Å². The lowest BCUT2D eigenvalue weighted by molar-refractivity contribution is -0.130. The zero-order valence-corrected chi connectivity index (χ0v) is 18.1. The summed E-state index contributed by atoms with van der Waals surface area (Å²) < 4.78 is 0. The van der Waals surface area contributed by atoms with Gasteiger partial charge in [0, 0.05) is 71.0 Å². The second-order valence-corrected chi connectivity index (χ2v) is 6.11. The van der Waals surface area contributed by atoms with Crippen molar-refractivity contribution in [1.82, 2.24) is 25.4 Å². The van der Waals surface area contributed by atoms with E-state index in [-0.39, 0.29) is 29.9 Å². The summed E-state index contributed by atoms with van der Waals surface area (Å²) in [6.07, 6.45) is 2.69. The zero-order chi connectivity index (χ0) is 17.9. The molecule has 2 heterocycles. The predicted molar refractivity (Wildman–Crippen MR) is 116 cm³/mol. The first-order chi connectivity index (χ1) is 12.2. The van der Waals surface area contributed by atoms with Crippen molar-refractivity contribution in [3.8, 4) is 0 Å². The Morgan fingerprint density at radius 2 is 2.00 bits per heavy atom. The zero-order valence-electron chi connectivity index (χ0n) is 15.8. The van der Waals surface area contributed by atoms with Gasteiger partial charge in [0.15, 0.2) is 5.96 Å². The third-order valence-electron chi connectivity index (χ3n) is 4.25. The van der Waals surface area contributed by atoms with Crippen molar-refractivity contribution >= 4 is 35.8 Å². The van der Waals surface area contributed by atoms with Gasteiger partial charge in [-0.3, -0.25) is 19.7 Å². The number of piperazine rings is 1. The Kier molecular flexibility index (Phi) is 11.2. The van der Waals surface area contributed by atoms with Crippen molar-refractivity contribution in [2.24, 2.45) is 4.99 Å². The molecule has 0 aromatic carbocycles. The number of carbonyl (C=O) groups is 1. The fourth-order valence-corrected chi connectivity index (χ4v) is 2.79. The molecule has 0 saturated carbocycles. The van der Waals surface area contributed by atoms with E-state index in [1.165, 1.54) is 0 Å². The van der Waals surface area contributed by atoms with Gasteiger partial charge >= 0.3 is 0 Å². The van der Waals surface area contributed by atoms with Gasteiger partial charge in [0.05, 0.1) is 6.54 Å². The third-order valence-corrected chi connectivity index (χ3v) is 4.25. The van der Waals surface area contributed by atoms with Gasteiger partial charge in [-0.05, 0) is 19.1 Å². The lowest BCUT2D eigenvalue weighted by Crippen LogP contribution is -2.48. The second kappa shape index (κ2) is 12.9. The molecule has 0 bridgehead atoms. The molecule has 1 aliphatic heterocycles. The van der Waals surface area contributed by atoms with E-state index < -0.39 is 0 Å². The van der Waals surface area contributed by atoms with Crippen LogP contribution in [0.4, 0.5) is 0 Å². The number of nitrogens with zero attached hydrogens (tertiary/aromatic N) is 4. The van der Waals surface area contributed by atoms with E-state index in [4.69, 9.17) is 0 Å². The SMILES string of the molecule is CCNC(=NCCN1CCN(C(C)=O)CC1)NCCc1ccccn1.I. The van der Waals surface area contributed by atoms with Gasteiger partial charge in [-0.2, -0.15) is 0 Å². The maximum atomic E-state index is 11.3. The Morgan fingerprint density at radius 1 is 1.23 bits per heavy atom. The third kappa shape index (κ3) is 8.31. The number of amides is 1. The molecule has 1 amide bonds. The van der Waals surface area contributed by atoms with Crippen LogP contribution in [0.3, 0.4) is 0 Å². The molecule has 1 fully saturated rings. The molecular weight excluding hydrogens is 443 g/mol. The standard InChI is InChI=1S/C18H30N6O.HI/c1-3-19-18(21-9-7-17-6-4-5-8-20-17)22-10-11-23-12-14-24(15-13-23)16(2)25;/h4-6,8H,3,7,9-15H2,1-2H3,(H2,19,21,22);1H. The van der Waals surface area contributed by atoms with E-state index in [1.807, 2.05) is 29.3 Å². The predicted octanol–water partition coefficient (Wildman–Crippen LogP) is 0.961. The molecule has 0 aliphatic carbocycles. The summed E-state index contributed by atoms with van der Waals surface area (Å²) >= 11 is 0. The van der Waals surface area contributed by atoms with Gasteiger partial charge in [0.2, 0.25) is 5.91 Å². The minimum atomic E-state index is 0. The summed E-state index contributed by atoms with van der Waals surface area (Å²) in [5.41, 5.74) is 1.08. The first kappa shape index (κ1) is 22.6. The highest BCUT2D eigenvalue weighted by atomic mass is 127. The average Bonchev–Trinajstić information content (AvgIpc) is 2.63. The second-order valence-electron chi connectivity index (χ2n) is 6.11. The van der Waals surface area contributed by atoms with E-state index in [9.17, 15) is 4.79 Å². The van der Waals surface area contributed by atoms with Gasteiger partial charge < -0.3 is 15.5 Å². The van der Waals surface area contributed by atoms with Crippen molar-refractivity contribution < 1.29 is 4.79 Å². The summed E-state index contributed by atoms with van der Waals surface area (Å²) in [5, 5.41) is 6.63. The van der Waals surface area contributed by atoms with Crippen molar-refractivity contribution in [2.75, 3.05) is 52.4 Å². The molecule has 1 aromatic rings. The Bertz CT molecular complexity index is 546. The number of guanidine groups is 1. The van der Waals surface area contributed by atoms with Crippen molar-refractivity contribution in [2.45, 2.75) is 20.3 Å². The molecule has 1 aromatic heterocycles. The molecule has 2 rings (SSSR count). The first-order valence-electron chi connectivity index (χ1n) is 9.09. The van der Waals surface area contributed by atoms with Gasteiger partial charge in [-0.1, -0.05) is 6.07 Å². The minimum Gasteiger partial charge on any atom is -0.357 e. The number of hydrogen-bond acceptors (Lipinski definition) is 4. The fraction of sp³-hybridized carbons (Fsp3) is 0.611. The Hall–Kier alpha value is -1.42. The maximum Gasteiger partial charge on any atom is 0.219 e. The van der Waals surface area contributed by atoms with E-state index in [0.717, 1.165) is 70.4 Å². The number of carbonyl (C=O) groups excluding carboxylic acids is 1. The number of rotatable bonds is 7. The lowest BCUT2D eigenvalue weighted by Gasteiger charge is -2.33. The number of aliphatic imine (C=N–C) groups is 1. The Labute approximate surface area is 173 Å². The molecule has 8 heteroatoms. The normalized spacial score (nSPS) is 15.3. The van der Waals surface area contributed by atoms with Gasteiger partial charge in [-0.15, -0.1) is 24.0 Å². The molecule has 26 heavy (non-hydrogen) atoms. The quantitative estimate of drug-likeness (QED) is 0.350. The van der Waals surface area contributed by atoms with E-state index in [2.05, 4.69) is 32.4 Å². The van der Waals surface area contributed by atoms with Crippen LogP contribution in [-0.4, -0.2) is 79.0 Å². The highest BCUT2D eigenvalue weighted by Gasteiger charge is 2.17. The highest BCUT2D eigenvalue weighted by molar-refractivity contribution is 14.0. The van der Waals surface area contributed by atoms with Crippen LogP contribution in [0.25, 0.3) is 0 Å². The van der Waals surface area contributed by atoms with Crippen LogP contribution in [0.1, 0.15) is 19.5 Å². The van der Waals surface area contributed by atoms with Crippen molar-refractivity contribution in [3.63, 3.8) is 0 Å². The molecule has 146 valence electrons. The van der Waals surface area contributed by atoms with Crippen molar-refractivity contribution in [1.29, 1.82) is 0 Å². The summed E-state index contributed by atoms with van der Waals surface area (Å²) in [6, 6.07) is 5.97. The van der Waals surface area contributed by atoms with Crippen molar-refractivity contribution in [3.05, 3.63) is 30.1 Å². The summed E-state index contributed by atoms with van der Waals surface area (Å²) in [7, 11) is 0. The summed E-state index contributed by atoms with van der Waals surface area (Å²) in [4.78, 5) is 24.6. The molecule has 0 unspecified atom stereocenters. The number of halogens is 1. The minimum absolute atomic E-state index is 0. The number of aromatic nitrogens is 1. The van der Waals surface area contributed by atoms with E-state index in [0.29, 0.717) is 0 Å². The Balaban J connectivity index is 0.00000338. The Morgan fingerprint density at radius 3 is 2.62 bits per heavy atom. The van der Waals surface area contributed by atoms with Gasteiger partial charge in [-0.25, -0.2) is 0 Å². The summed E-state index contributed by atoms with van der Waals surface area (Å²) in [5.74, 6) is 1.02. The molecule has 2 N–H and O–H groups in total. The van der Waals surface area contributed by atoms with Gasteiger partial charge in [0.25, 0.3) is 0 Å². The molecule has 1 saturated heterocycles. The average molecular weight is 474 g/mol. The lowest BCUT2D eigenvalue weighted by atomic mass is 10.3. The van der Waals surface area contributed by atoms with Crippen LogP contribution < -0.4 is 10.6 Å². The number of pyridine rings is 1. The van der Waals surface area contributed by atoms with Crippen LogP contribution in [0, 0.1) is 0 Å². The number of nitrogens with one attached hydrogen (secondary N) is 2. The van der Waals surface area contributed by atoms with Crippen LogP contribution >= 0.6 is 24.0 Å².